The Bertz CT molecular complexity index is 279. The van der Waals surface area contributed by atoms with E-state index in [0.29, 0.717) is 5.25 Å². The van der Waals surface area contributed by atoms with E-state index in [9.17, 15) is 0 Å². The van der Waals surface area contributed by atoms with Gasteiger partial charge in [0.15, 0.2) is 0 Å². The summed E-state index contributed by atoms with van der Waals surface area (Å²) in [4.78, 5) is 0. The van der Waals surface area contributed by atoms with Crippen LogP contribution in [0.5, 0.6) is 0 Å². The fraction of sp³-hybridized carbons (Fsp3) is 0.727. The number of thioether (sulfide) groups is 1. The maximum Gasteiger partial charge on any atom is 0.0752 e. The van der Waals surface area contributed by atoms with Gasteiger partial charge in [0, 0.05) is 18.5 Å². The number of hydrogen-bond acceptors (Lipinski definition) is 2. The lowest BCUT2D eigenvalue weighted by molar-refractivity contribution is 0.597. The third-order valence-electron chi connectivity index (χ3n) is 2.05. The lowest BCUT2D eigenvalue weighted by Gasteiger charge is -2.02. The second-order valence-corrected chi connectivity index (χ2v) is 5.45. The number of rotatable bonds is 5. The zero-order valence-corrected chi connectivity index (χ0v) is 10.4. The zero-order valence-electron chi connectivity index (χ0n) is 9.58. The predicted molar refractivity (Wildman–Crippen MR) is 63.7 cm³/mol. The monoisotopic (exact) mass is 212 g/mol. The van der Waals surface area contributed by atoms with Crippen LogP contribution in [0.15, 0.2) is 6.20 Å². The van der Waals surface area contributed by atoms with E-state index >= 15 is 0 Å². The van der Waals surface area contributed by atoms with E-state index in [4.69, 9.17) is 0 Å². The highest BCUT2D eigenvalue weighted by Crippen LogP contribution is 2.18. The van der Waals surface area contributed by atoms with Crippen LogP contribution in [0.2, 0.25) is 0 Å². The predicted octanol–water partition coefficient (Wildman–Crippen LogP) is 3.24. The highest BCUT2D eigenvalue weighted by atomic mass is 32.2. The van der Waals surface area contributed by atoms with E-state index in [-0.39, 0.29) is 0 Å². The van der Waals surface area contributed by atoms with Gasteiger partial charge in [-0.05, 0) is 24.2 Å². The molecule has 80 valence electrons. The highest BCUT2D eigenvalue weighted by Gasteiger charge is 2.05. The summed E-state index contributed by atoms with van der Waals surface area (Å²) in [5.41, 5.74) is 2.57. The zero-order chi connectivity index (χ0) is 10.6. The first-order chi connectivity index (χ1) is 6.63. The molecule has 0 N–H and O–H groups in total. The van der Waals surface area contributed by atoms with Crippen molar-refractivity contribution in [1.29, 1.82) is 0 Å². The van der Waals surface area contributed by atoms with E-state index in [1.165, 1.54) is 11.3 Å². The Balaban J connectivity index is 2.58. The minimum Gasteiger partial charge on any atom is -0.272 e. The molecule has 3 heteroatoms. The number of hydrogen-bond donors (Lipinski definition) is 0. The van der Waals surface area contributed by atoms with Crippen molar-refractivity contribution in [3.63, 3.8) is 0 Å². The van der Waals surface area contributed by atoms with Crippen LogP contribution in [0.25, 0.3) is 0 Å². The van der Waals surface area contributed by atoms with Gasteiger partial charge < -0.3 is 0 Å². The topological polar surface area (TPSA) is 17.8 Å². The summed E-state index contributed by atoms with van der Waals surface area (Å²) in [5, 5.41) is 5.25. The van der Waals surface area contributed by atoms with Gasteiger partial charge in [-0.15, -0.1) is 0 Å². The second-order valence-electron chi connectivity index (χ2n) is 3.88. The Morgan fingerprint density at radius 2 is 2.21 bits per heavy atom. The first-order valence-electron chi connectivity index (χ1n) is 5.28. The second kappa shape index (κ2) is 5.44. The van der Waals surface area contributed by atoms with Crippen molar-refractivity contribution in [3.8, 4) is 0 Å². The lowest BCUT2D eigenvalue weighted by Crippen LogP contribution is -1.98. The Kier molecular flexibility index (Phi) is 4.52. The average Bonchev–Trinajstić information content (AvgIpc) is 2.44. The van der Waals surface area contributed by atoms with Gasteiger partial charge in [-0.1, -0.05) is 20.8 Å². The van der Waals surface area contributed by atoms with Crippen LogP contribution < -0.4 is 0 Å². The third-order valence-corrected chi connectivity index (χ3v) is 3.16. The maximum atomic E-state index is 4.57. The van der Waals surface area contributed by atoms with E-state index in [2.05, 4.69) is 43.7 Å². The molecule has 0 fully saturated rings. The molecule has 0 saturated heterocycles. The van der Waals surface area contributed by atoms with Crippen molar-refractivity contribution < 1.29 is 0 Å². The van der Waals surface area contributed by atoms with Crippen molar-refractivity contribution in [2.45, 2.75) is 51.7 Å². The molecule has 0 aliphatic carbocycles. The Morgan fingerprint density at radius 1 is 1.50 bits per heavy atom. The van der Waals surface area contributed by atoms with Crippen LogP contribution >= 0.6 is 11.8 Å². The molecule has 0 aliphatic rings. The summed E-state index contributed by atoms with van der Waals surface area (Å²) in [6.45, 7) is 9.81. The van der Waals surface area contributed by atoms with Crippen molar-refractivity contribution in [2.75, 3.05) is 0 Å². The molecule has 1 rings (SSSR count). The van der Waals surface area contributed by atoms with Gasteiger partial charge in [0.1, 0.15) is 0 Å². The number of aromatic nitrogens is 2. The van der Waals surface area contributed by atoms with E-state index in [0.717, 1.165) is 18.7 Å². The molecule has 0 spiro atoms. The molecule has 0 amide bonds. The molecule has 0 radical (unpaired) electrons. The van der Waals surface area contributed by atoms with Crippen LogP contribution in [0.3, 0.4) is 0 Å². The van der Waals surface area contributed by atoms with E-state index in [1.807, 2.05) is 11.8 Å². The van der Waals surface area contributed by atoms with E-state index < -0.39 is 0 Å². The van der Waals surface area contributed by atoms with Gasteiger partial charge in [-0.2, -0.15) is 16.9 Å². The van der Waals surface area contributed by atoms with Gasteiger partial charge in [0.25, 0.3) is 0 Å². The molecule has 0 aliphatic heterocycles. The highest BCUT2D eigenvalue weighted by molar-refractivity contribution is 7.99. The van der Waals surface area contributed by atoms with Crippen molar-refractivity contribution >= 4 is 11.8 Å². The standard InChI is InChI=1S/C11H20N2S/c1-5-6-13-7-10(4)11(12-13)8-14-9(2)3/h7,9H,5-6,8H2,1-4H3. The molecular weight excluding hydrogens is 192 g/mol. The fourth-order valence-electron chi connectivity index (χ4n) is 1.29. The minimum atomic E-state index is 0.686. The molecule has 1 aromatic heterocycles. The van der Waals surface area contributed by atoms with Crippen LogP contribution in [-0.4, -0.2) is 15.0 Å². The van der Waals surface area contributed by atoms with Crippen LogP contribution in [0.1, 0.15) is 38.4 Å². The molecule has 1 heterocycles. The van der Waals surface area contributed by atoms with E-state index in [1.54, 1.807) is 0 Å². The summed E-state index contributed by atoms with van der Waals surface area (Å²) < 4.78 is 2.06. The lowest BCUT2D eigenvalue weighted by atomic mass is 10.3. The summed E-state index contributed by atoms with van der Waals surface area (Å²) >= 11 is 1.95. The van der Waals surface area contributed by atoms with Gasteiger partial charge in [-0.25, -0.2) is 0 Å². The van der Waals surface area contributed by atoms with Crippen LogP contribution in [0.4, 0.5) is 0 Å². The van der Waals surface area contributed by atoms with Crippen molar-refractivity contribution in [2.24, 2.45) is 0 Å². The molecule has 0 saturated carbocycles. The van der Waals surface area contributed by atoms with Crippen LogP contribution in [-0.2, 0) is 12.3 Å². The summed E-state index contributed by atoms with van der Waals surface area (Å²) in [5.74, 6) is 1.04. The molecule has 0 atom stereocenters. The van der Waals surface area contributed by atoms with Crippen LogP contribution in [0, 0.1) is 6.92 Å². The third kappa shape index (κ3) is 3.37. The molecule has 0 bridgehead atoms. The minimum absolute atomic E-state index is 0.686. The van der Waals surface area contributed by atoms with Gasteiger partial charge in [0.05, 0.1) is 5.69 Å². The van der Waals surface area contributed by atoms with Crippen molar-refractivity contribution in [3.05, 3.63) is 17.5 Å². The first kappa shape index (κ1) is 11.6. The molecule has 0 unspecified atom stereocenters. The number of nitrogens with zero attached hydrogens (tertiary/aromatic N) is 2. The largest absolute Gasteiger partial charge is 0.272 e. The van der Waals surface area contributed by atoms with Gasteiger partial charge >= 0.3 is 0 Å². The average molecular weight is 212 g/mol. The smallest absolute Gasteiger partial charge is 0.0752 e. The molecule has 14 heavy (non-hydrogen) atoms. The quantitative estimate of drug-likeness (QED) is 0.745. The summed E-state index contributed by atoms with van der Waals surface area (Å²) in [7, 11) is 0. The SMILES string of the molecule is CCCn1cc(C)c(CSC(C)C)n1. The van der Waals surface area contributed by atoms with Gasteiger partial charge in [-0.3, -0.25) is 4.68 Å². The maximum absolute atomic E-state index is 4.57. The first-order valence-corrected chi connectivity index (χ1v) is 6.33. The number of aryl methyl sites for hydroxylation is 2. The van der Waals surface area contributed by atoms with Crippen molar-refractivity contribution in [1.82, 2.24) is 9.78 Å². The molecule has 2 nitrogen and oxygen atoms in total. The summed E-state index contributed by atoms with van der Waals surface area (Å²) in [6, 6.07) is 0. The molecular formula is C11H20N2S. The molecule has 1 aromatic rings. The Labute approximate surface area is 91.1 Å². The van der Waals surface area contributed by atoms with Gasteiger partial charge in [0.2, 0.25) is 0 Å². The fourth-order valence-corrected chi connectivity index (χ4v) is 2.07. The molecule has 0 aromatic carbocycles. The Hall–Kier alpha value is -0.440. The normalized spacial score (nSPS) is 11.2. The Morgan fingerprint density at radius 3 is 2.79 bits per heavy atom. The summed E-state index contributed by atoms with van der Waals surface area (Å²) in [6.07, 6.45) is 3.30.